The molecular formula is C14H23FN2O. The molecule has 2 atom stereocenters. The molecule has 2 aliphatic heterocycles. The van der Waals surface area contributed by atoms with Gasteiger partial charge in [0.05, 0.1) is 25.0 Å². The summed E-state index contributed by atoms with van der Waals surface area (Å²) in [5.74, 6) is 0.950. The van der Waals surface area contributed by atoms with Gasteiger partial charge in [-0.25, -0.2) is 4.39 Å². The van der Waals surface area contributed by atoms with Crippen molar-refractivity contribution >= 4 is 0 Å². The van der Waals surface area contributed by atoms with E-state index >= 15 is 0 Å². The molecule has 0 aliphatic carbocycles. The van der Waals surface area contributed by atoms with Crippen LogP contribution in [-0.4, -0.2) is 54.9 Å². The number of hydrogen-bond acceptors (Lipinski definition) is 3. The Morgan fingerprint density at radius 3 is 3.11 bits per heavy atom. The maximum atomic E-state index is 13.9. The molecule has 0 amide bonds. The van der Waals surface area contributed by atoms with Crippen LogP contribution in [0.2, 0.25) is 0 Å². The first-order valence-corrected chi connectivity index (χ1v) is 6.72. The van der Waals surface area contributed by atoms with E-state index in [0.29, 0.717) is 19.2 Å². The Morgan fingerprint density at radius 2 is 2.39 bits per heavy atom. The summed E-state index contributed by atoms with van der Waals surface area (Å²) in [6.45, 7) is 11.3. The molecule has 4 heteroatoms. The zero-order valence-electron chi connectivity index (χ0n) is 11.4. The Bertz CT molecular complexity index is 343. The number of halogens is 1. The smallest absolute Gasteiger partial charge is 0.141 e. The fraction of sp³-hybridized carbons (Fsp3) is 0.714. The van der Waals surface area contributed by atoms with Gasteiger partial charge < -0.3 is 14.5 Å². The third-order valence-electron chi connectivity index (χ3n) is 3.67. The number of nitrogens with zero attached hydrogens (tertiary/aromatic N) is 2. The van der Waals surface area contributed by atoms with Crippen molar-refractivity contribution in [1.29, 1.82) is 0 Å². The van der Waals surface area contributed by atoms with Crippen LogP contribution in [0.25, 0.3) is 0 Å². The first-order chi connectivity index (χ1) is 8.63. The van der Waals surface area contributed by atoms with Gasteiger partial charge in [0.25, 0.3) is 0 Å². The summed E-state index contributed by atoms with van der Waals surface area (Å²) in [7, 11) is 0. The molecule has 2 aliphatic rings. The molecule has 0 radical (unpaired) electrons. The van der Waals surface area contributed by atoms with E-state index in [1.165, 1.54) is 5.57 Å². The van der Waals surface area contributed by atoms with Crippen LogP contribution in [-0.2, 0) is 4.74 Å². The average molecular weight is 254 g/mol. The first-order valence-electron chi connectivity index (χ1n) is 6.72. The first kappa shape index (κ1) is 13.4. The van der Waals surface area contributed by atoms with E-state index < -0.39 is 6.17 Å². The molecule has 2 unspecified atom stereocenters. The van der Waals surface area contributed by atoms with E-state index in [2.05, 4.69) is 29.4 Å². The summed E-state index contributed by atoms with van der Waals surface area (Å²) >= 11 is 0. The number of hydrogen-bond donors (Lipinski definition) is 0. The van der Waals surface area contributed by atoms with Crippen molar-refractivity contribution in [1.82, 2.24) is 9.80 Å². The number of rotatable bonds is 6. The molecule has 0 spiro atoms. The summed E-state index contributed by atoms with van der Waals surface area (Å²) in [6.07, 6.45) is 2.20. The van der Waals surface area contributed by atoms with E-state index in [4.69, 9.17) is 4.74 Å². The minimum absolute atomic E-state index is 0.188. The van der Waals surface area contributed by atoms with Crippen LogP contribution in [0.3, 0.4) is 0 Å². The van der Waals surface area contributed by atoms with Crippen molar-refractivity contribution in [3.63, 3.8) is 0 Å². The normalized spacial score (nSPS) is 24.5. The molecule has 0 aromatic heterocycles. The van der Waals surface area contributed by atoms with E-state index in [1.54, 1.807) is 0 Å². The highest BCUT2D eigenvalue weighted by Crippen LogP contribution is 2.31. The Morgan fingerprint density at radius 1 is 1.61 bits per heavy atom. The second-order valence-corrected chi connectivity index (χ2v) is 5.11. The van der Waals surface area contributed by atoms with Crippen LogP contribution in [0.4, 0.5) is 4.39 Å². The van der Waals surface area contributed by atoms with E-state index in [-0.39, 0.29) is 6.61 Å². The predicted octanol–water partition coefficient (Wildman–Crippen LogP) is 2.17. The molecule has 102 valence electrons. The second-order valence-electron chi connectivity index (χ2n) is 5.11. The summed E-state index contributed by atoms with van der Waals surface area (Å²) < 4.78 is 19.2. The van der Waals surface area contributed by atoms with E-state index in [9.17, 15) is 4.39 Å². The molecule has 2 heterocycles. The van der Waals surface area contributed by atoms with Crippen LogP contribution >= 0.6 is 0 Å². The lowest BCUT2D eigenvalue weighted by Crippen LogP contribution is -2.37. The molecule has 3 nitrogen and oxygen atoms in total. The highest BCUT2D eigenvalue weighted by molar-refractivity contribution is 5.24. The van der Waals surface area contributed by atoms with Crippen LogP contribution < -0.4 is 0 Å². The van der Waals surface area contributed by atoms with E-state index in [1.807, 2.05) is 6.92 Å². The van der Waals surface area contributed by atoms with E-state index in [0.717, 1.165) is 25.3 Å². The Balaban J connectivity index is 1.89. The van der Waals surface area contributed by atoms with Crippen molar-refractivity contribution < 1.29 is 9.13 Å². The second kappa shape index (κ2) is 5.74. The quantitative estimate of drug-likeness (QED) is 0.534. The molecular weight excluding hydrogens is 231 g/mol. The Hall–Kier alpha value is -1.03. The minimum Gasteiger partial charge on any atom is -0.378 e. The number of alkyl halides is 1. The predicted molar refractivity (Wildman–Crippen MR) is 71.0 cm³/mol. The topological polar surface area (TPSA) is 15.7 Å². The summed E-state index contributed by atoms with van der Waals surface area (Å²) in [6, 6.07) is 0.302. The van der Waals surface area contributed by atoms with Crippen LogP contribution in [0.1, 0.15) is 20.3 Å². The number of fused-ring (bicyclic) bond motifs is 2. The van der Waals surface area contributed by atoms with Gasteiger partial charge in [0.15, 0.2) is 0 Å². The van der Waals surface area contributed by atoms with Crippen molar-refractivity contribution in [3.8, 4) is 0 Å². The van der Waals surface area contributed by atoms with Gasteiger partial charge in [-0.3, -0.25) is 0 Å². The standard InChI is InChI=1S/C14H23FN2O/c1-4-7-18-10-13(15)8-17-12(3)16-6-5-11(2)14(17)9-16/h5,13-14H,3-4,6-10H2,1-2H3. The maximum Gasteiger partial charge on any atom is 0.141 e. The van der Waals surface area contributed by atoms with Crippen molar-refractivity contribution in [2.45, 2.75) is 32.5 Å². The average Bonchev–Trinajstić information content (AvgIpc) is 2.60. The molecule has 0 aromatic carbocycles. The van der Waals surface area contributed by atoms with Crippen LogP contribution in [0, 0.1) is 0 Å². The monoisotopic (exact) mass is 254 g/mol. The molecule has 18 heavy (non-hydrogen) atoms. The molecule has 0 saturated carbocycles. The van der Waals surface area contributed by atoms with Crippen molar-refractivity contribution in [3.05, 3.63) is 24.0 Å². The van der Waals surface area contributed by atoms with Gasteiger partial charge >= 0.3 is 0 Å². The SMILES string of the molecule is C=C1N2CC=C(C)C(C2)N1CC(F)COCCC. The lowest BCUT2D eigenvalue weighted by Gasteiger charge is -2.27. The molecule has 1 fully saturated rings. The van der Waals surface area contributed by atoms with Crippen LogP contribution in [0.5, 0.6) is 0 Å². The highest BCUT2D eigenvalue weighted by Gasteiger charge is 2.36. The summed E-state index contributed by atoms with van der Waals surface area (Å²) in [5, 5.41) is 0. The van der Waals surface area contributed by atoms with Crippen LogP contribution in [0.15, 0.2) is 24.0 Å². The largest absolute Gasteiger partial charge is 0.378 e. The van der Waals surface area contributed by atoms with Gasteiger partial charge in [-0.1, -0.05) is 25.2 Å². The van der Waals surface area contributed by atoms with Gasteiger partial charge in [-0.05, 0) is 13.3 Å². The lowest BCUT2D eigenvalue weighted by atomic mass is 10.1. The fourth-order valence-electron chi connectivity index (χ4n) is 2.59. The van der Waals surface area contributed by atoms with Gasteiger partial charge in [-0.2, -0.15) is 0 Å². The van der Waals surface area contributed by atoms with Gasteiger partial charge in [-0.15, -0.1) is 0 Å². The zero-order valence-corrected chi connectivity index (χ0v) is 11.4. The molecule has 2 bridgehead atoms. The molecule has 0 N–H and O–H groups in total. The fourth-order valence-corrected chi connectivity index (χ4v) is 2.59. The third kappa shape index (κ3) is 2.69. The van der Waals surface area contributed by atoms with Crippen molar-refractivity contribution in [2.24, 2.45) is 0 Å². The van der Waals surface area contributed by atoms with Gasteiger partial charge in [0.2, 0.25) is 0 Å². The third-order valence-corrected chi connectivity index (χ3v) is 3.67. The maximum absolute atomic E-state index is 13.9. The van der Waals surface area contributed by atoms with Crippen molar-refractivity contribution in [2.75, 3.05) is 32.8 Å². The zero-order chi connectivity index (χ0) is 13.1. The summed E-state index contributed by atoms with van der Waals surface area (Å²) in [5.41, 5.74) is 1.33. The Kier molecular flexibility index (Phi) is 4.27. The molecule has 2 rings (SSSR count). The van der Waals surface area contributed by atoms with Gasteiger partial charge in [0.1, 0.15) is 6.17 Å². The Labute approximate surface area is 109 Å². The lowest BCUT2D eigenvalue weighted by molar-refractivity contribution is 0.0659. The molecule has 0 aromatic rings. The molecule has 1 saturated heterocycles. The van der Waals surface area contributed by atoms with Gasteiger partial charge in [0, 0.05) is 19.7 Å². The summed E-state index contributed by atoms with van der Waals surface area (Å²) in [4.78, 5) is 4.29. The highest BCUT2D eigenvalue weighted by atomic mass is 19.1. The number of ether oxygens (including phenoxy) is 1. The minimum atomic E-state index is -0.943.